The Labute approximate surface area is 200 Å². The maximum Gasteiger partial charge on any atom is 0.223 e. The van der Waals surface area contributed by atoms with Crippen LogP contribution in [-0.4, -0.2) is 28.5 Å². The van der Waals surface area contributed by atoms with Gasteiger partial charge in [-0.2, -0.15) is 0 Å². The van der Waals surface area contributed by atoms with Crippen molar-refractivity contribution >= 4 is 16.8 Å². The lowest BCUT2D eigenvalue weighted by molar-refractivity contribution is -0.126. The van der Waals surface area contributed by atoms with Crippen molar-refractivity contribution in [1.82, 2.24) is 14.8 Å². The molecule has 0 radical (unpaired) electrons. The van der Waals surface area contributed by atoms with Crippen LogP contribution in [0.4, 0.5) is 4.39 Å². The van der Waals surface area contributed by atoms with Gasteiger partial charge in [-0.1, -0.05) is 60.7 Å². The molecule has 4 nitrogen and oxygen atoms in total. The molecule has 1 amide bonds. The lowest BCUT2D eigenvalue weighted by atomic mass is 9.95. The molecule has 2 heterocycles. The minimum atomic E-state index is -0.259. The number of carbonyl (C=O) groups is 1. The highest BCUT2D eigenvalue weighted by Crippen LogP contribution is 2.25. The number of piperidine rings is 1. The summed E-state index contributed by atoms with van der Waals surface area (Å²) in [7, 11) is 0. The molecule has 5 rings (SSSR count). The normalized spacial score (nSPS) is 15.0. The molecule has 1 aliphatic heterocycles. The maximum absolute atomic E-state index is 13.1. The highest BCUT2D eigenvalue weighted by Gasteiger charge is 2.25. The maximum atomic E-state index is 13.1. The topological polar surface area (TPSA) is 37.3 Å². The van der Waals surface area contributed by atoms with Gasteiger partial charge in [0, 0.05) is 36.8 Å². The van der Waals surface area contributed by atoms with Crippen molar-refractivity contribution in [3.8, 4) is 0 Å². The SMILES string of the molecule is O=C(NCc1ccc(F)cc1)C1CCN(Cc2cc3ccccc3n2Cc2ccccc2)CC1. The van der Waals surface area contributed by atoms with Gasteiger partial charge in [0.1, 0.15) is 5.82 Å². The molecule has 174 valence electrons. The number of hydrogen-bond acceptors (Lipinski definition) is 2. The number of hydrogen-bond donors (Lipinski definition) is 1. The van der Waals surface area contributed by atoms with Crippen LogP contribution in [0.5, 0.6) is 0 Å². The van der Waals surface area contributed by atoms with Crippen LogP contribution in [0.3, 0.4) is 0 Å². The molecule has 34 heavy (non-hydrogen) atoms. The third-order valence-electron chi connectivity index (χ3n) is 6.80. The summed E-state index contributed by atoms with van der Waals surface area (Å²) < 4.78 is 15.5. The largest absolute Gasteiger partial charge is 0.352 e. The Hall–Kier alpha value is -3.44. The zero-order valence-electron chi connectivity index (χ0n) is 19.3. The average Bonchev–Trinajstić information content (AvgIpc) is 3.21. The molecular weight excluding hydrogens is 425 g/mol. The van der Waals surface area contributed by atoms with Gasteiger partial charge >= 0.3 is 0 Å². The summed E-state index contributed by atoms with van der Waals surface area (Å²) >= 11 is 0. The molecule has 0 spiro atoms. The summed E-state index contributed by atoms with van der Waals surface area (Å²) in [5, 5.41) is 4.29. The second kappa shape index (κ2) is 10.2. The smallest absolute Gasteiger partial charge is 0.223 e. The highest BCUT2D eigenvalue weighted by atomic mass is 19.1. The molecular formula is C29H30FN3O. The molecule has 1 saturated heterocycles. The molecule has 1 aliphatic rings. The van der Waals surface area contributed by atoms with Crippen LogP contribution in [-0.2, 0) is 24.4 Å². The van der Waals surface area contributed by atoms with Crippen LogP contribution in [0.25, 0.3) is 10.9 Å². The second-order valence-electron chi connectivity index (χ2n) is 9.16. The van der Waals surface area contributed by atoms with E-state index < -0.39 is 0 Å². The summed E-state index contributed by atoms with van der Waals surface area (Å²) in [5.74, 6) is -0.126. The fourth-order valence-corrected chi connectivity index (χ4v) is 4.87. The lowest BCUT2D eigenvalue weighted by Gasteiger charge is -2.31. The van der Waals surface area contributed by atoms with E-state index >= 15 is 0 Å². The Morgan fingerprint density at radius 2 is 1.56 bits per heavy atom. The van der Waals surface area contributed by atoms with Crippen LogP contribution >= 0.6 is 0 Å². The van der Waals surface area contributed by atoms with Crippen LogP contribution in [0.1, 0.15) is 29.7 Å². The summed E-state index contributed by atoms with van der Waals surface area (Å²) in [6.07, 6.45) is 1.71. The number of nitrogens with one attached hydrogen (secondary N) is 1. The number of para-hydroxylation sites is 1. The Kier molecular flexibility index (Phi) is 6.72. The number of benzene rings is 3. The number of nitrogens with zero attached hydrogens (tertiary/aromatic N) is 2. The first-order valence-electron chi connectivity index (χ1n) is 12.0. The summed E-state index contributed by atoms with van der Waals surface area (Å²) in [5.41, 5.74) is 4.78. The molecule has 5 heteroatoms. The number of likely N-dealkylation sites (tertiary alicyclic amines) is 1. The van der Waals surface area contributed by atoms with Crippen molar-refractivity contribution in [2.45, 2.75) is 32.5 Å². The number of aromatic nitrogens is 1. The number of carbonyl (C=O) groups excluding carboxylic acids is 1. The number of fused-ring (bicyclic) bond motifs is 1. The monoisotopic (exact) mass is 455 g/mol. The minimum Gasteiger partial charge on any atom is -0.352 e. The molecule has 3 aromatic carbocycles. The Morgan fingerprint density at radius 3 is 2.32 bits per heavy atom. The first kappa shape index (κ1) is 22.4. The van der Waals surface area contributed by atoms with E-state index in [2.05, 4.69) is 75.4 Å². The third kappa shape index (κ3) is 5.20. The quantitative estimate of drug-likeness (QED) is 0.408. The van der Waals surface area contributed by atoms with Crippen LogP contribution in [0.15, 0.2) is 84.9 Å². The van der Waals surface area contributed by atoms with Gasteiger partial charge in [0.2, 0.25) is 5.91 Å². The van der Waals surface area contributed by atoms with E-state index in [1.807, 2.05) is 0 Å². The zero-order chi connectivity index (χ0) is 23.3. The lowest BCUT2D eigenvalue weighted by Crippen LogP contribution is -2.40. The first-order chi connectivity index (χ1) is 16.7. The molecule has 0 bridgehead atoms. The Morgan fingerprint density at radius 1 is 0.853 bits per heavy atom. The van der Waals surface area contributed by atoms with Crippen molar-refractivity contribution in [3.05, 3.63) is 108 Å². The molecule has 1 fully saturated rings. The van der Waals surface area contributed by atoms with Gasteiger partial charge in [-0.15, -0.1) is 0 Å². The van der Waals surface area contributed by atoms with Gasteiger partial charge in [-0.05, 0) is 66.7 Å². The minimum absolute atomic E-state index is 0.0341. The molecule has 4 aromatic rings. The Bertz CT molecular complexity index is 1240. The molecule has 0 aliphatic carbocycles. The predicted octanol–water partition coefficient (Wildman–Crippen LogP) is 5.36. The van der Waals surface area contributed by atoms with Crippen LogP contribution in [0.2, 0.25) is 0 Å². The van der Waals surface area contributed by atoms with Crippen LogP contribution < -0.4 is 5.32 Å². The Balaban J connectivity index is 1.20. The highest BCUT2D eigenvalue weighted by molar-refractivity contribution is 5.81. The van der Waals surface area contributed by atoms with E-state index in [0.29, 0.717) is 6.54 Å². The number of halogens is 1. The van der Waals surface area contributed by atoms with Gasteiger partial charge in [-0.25, -0.2) is 4.39 Å². The van der Waals surface area contributed by atoms with E-state index in [0.717, 1.165) is 44.6 Å². The van der Waals surface area contributed by atoms with Crippen molar-refractivity contribution in [2.75, 3.05) is 13.1 Å². The molecule has 0 unspecified atom stereocenters. The molecule has 1 aromatic heterocycles. The van der Waals surface area contributed by atoms with Crippen molar-refractivity contribution in [3.63, 3.8) is 0 Å². The van der Waals surface area contributed by atoms with Crippen molar-refractivity contribution in [1.29, 1.82) is 0 Å². The molecule has 1 N–H and O–H groups in total. The van der Waals surface area contributed by atoms with E-state index in [9.17, 15) is 9.18 Å². The van der Waals surface area contributed by atoms with E-state index in [-0.39, 0.29) is 17.6 Å². The zero-order valence-corrected chi connectivity index (χ0v) is 19.3. The number of amides is 1. The van der Waals surface area contributed by atoms with Gasteiger partial charge < -0.3 is 9.88 Å². The summed E-state index contributed by atoms with van der Waals surface area (Å²) in [4.78, 5) is 15.1. The van der Waals surface area contributed by atoms with Gasteiger partial charge in [-0.3, -0.25) is 9.69 Å². The summed E-state index contributed by atoms with van der Waals surface area (Å²) in [6.45, 7) is 3.99. The standard InChI is InChI=1S/C29H30FN3O/c30-26-12-10-22(11-13-26)19-31-29(34)24-14-16-32(17-15-24)21-27-18-25-8-4-5-9-28(25)33(27)20-23-6-2-1-3-7-23/h1-13,18,24H,14-17,19-21H2,(H,31,34). The van der Waals surface area contributed by atoms with E-state index in [1.54, 1.807) is 12.1 Å². The average molecular weight is 456 g/mol. The third-order valence-corrected chi connectivity index (χ3v) is 6.80. The van der Waals surface area contributed by atoms with Crippen molar-refractivity contribution in [2.24, 2.45) is 5.92 Å². The van der Waals surface area contributed by atoms with Crippen LogP contribution in [0, 0.1) is 11.7 Å². The van der Waals surface area contributed by atoms with Gasteiger partial charge in [0.15, 0.2) is 0 Å². The fraction of sp³-hybridized carbons (Fsp3) is 0.276. The van der Waals surface area contributed by atoms with Crippen molar-refractivity contribution < 1.29 is 9.18 Å². The first-order valence-corrected chi connectivity index (χ1v) is 12.0. The second-order valence-corrected chi connectivity index (χ2v) is 9.16. The fourth-order valence-electron chi connectivity index (χ4n) is 4.87. The van der Waals surface area contributed by atoms with Gasteiger partial charge in [0.05, 0.1) is 0 Å². The summed E-state index contributed by atoms with van der Waals surface area (Å²) in [6, 6.07) is 27.7. The van der Waals surface area contributed by atoms with Gasteiger partial charge in [0.25, 0.3) is 0 Å². The predicted molar refractivity (Wildman–Crippen MR) is 134 cm³/mol. The van der Waals surface area contributed by atoms with E-state index in [4.69, 9.17) is 0 Å². The van der Waals surface area contributed by atoms with E-state index in [1.165, 1.54) is 34.3 Å². The molecule has 0 saturated carbocycles. The molecule has 0 atom stereocenters. The number of rotatable bonds is 7.